The van der Waals surface area contributed by atoms with E-state index in [0.29, 0.717) is 18.0 Å². The Hall–Kier alpha value is -1.00. The van der Waals surface area contributed by atoms with Gasteiger partial charge in [-0.1, -0.05) is 18.6 Å². The molecule has 0 aliphatic heterocycles. The molecule has 2 rings (SSSR count). The molecule has 1 amide bonds. The predicted molar refractivity (Wildman–Crippen MR) is 84.0 cm³/mol. The van der Waals surface area contributed by atoms with Crippen molar-refractivity contribution in [2.24, 2.45) is 5.92 Å². The van der Waals surface area contributed by atoms with E-state index in [1.807, 2.05) is 24.3 Å². The average Bonchev–Trinajstić information content (AvgIpc) is 2.46. The summed E-state index contributed by atoms with van der Waals surface area (Å²) in [5.41, 5.74) is 1.95. The molecule has 1 aliphatic rings. The number of amides is 1. The van der Waals surface area contributed by atoms with Crippen molar-refractivity contribution in [3.05, 3.63) is 35.4 Å². The van der Waals surface area contributed by atoms with Gasteiger partial charge in [-0.25, -0.2) is 0 Å². The van der Waals surface area contributed by atoms with Gasteiger partial charge in [0, 0.05) is 17.9 Å². The number of carbonyl (C=O) groups is 1. The van der Waals surface area contributed by atoms with Gasteiger partial charge in [0.2, 0.25) is 0 Å². The van der Waals surface area contributed by atoms with E-state index in [0.717, 1.165) is 31.4 Å². The maximum absolute atomic E-state index is 12.1. The molecule has 0 saturated heterocycles. The molecule has 0 heterocycles. The quantitative estimate of drug-likeness (QED) is 0.877. The first kappa shape index (κ1) is 15.4. The molecule has 1 aromatic rings. The Labute approximate surface area is 125 Å². The molecule has 2 N–H and O–H groups in total. The number of aliphatic hydroxyl groups excluding tert-OH is 1. The zero-order valence-electron chi connectivity index (χ0n) is 12.0. The van der Waals surface area contributed by atoms with Crippen LogP contribution in [0.25, 0.3) is 0 Å². The molecule has 1 saturated carbocycles. The monoisotopic (exact) mass is 293 g/mol. The van der Waals surface area contributed by atoms with Crippen molar-refractivity contribution in [1.82, 2.24) is 5.32 Å². The molecule has 0 aromatic heterocycles. The second-order valence-electron chi connectivity index (χ2n) is 5.53. The highest BCUT2D eigenvalue weighted by molar-refractivity contribution is 7.97. The van der Waals surface area contributed by atoms with E-state index in [1.54, 1.807) is 11.8 Å². The van der Waals surface area contributed by atoms with Crippen LogP contribution < -0.4 is 5.32 Å². The van der Waals surface area contributed by atoms with E-state index >= 15 is 0 Å². The summed E-state index contributed by atoms with van der Waals surface area (Å²) in [6.45, 7) is 0.669. The number of aliphatic hydroxyl groups is 1. The third-order valence-corrected chi connectivity index (χ3v) is 4.46. The highest BCUT2D eigenvalue weighted by atomic mass is 32.2. The summed E-state index contributed by atoms with van der Waals surface area (Å²) in [6.07, 6.45) is 5.76. The van der Waals surface area contributed by atoms with Crippen LogP contribution in [-0.2, 0) is 5.75 Å². The van der Waals surface area contributed by atoms with E-state index in [1.165, 1.54) is 5.56 Å². The van der Waals surface area contributed by atoms with E-state index in [4.69, 9.17) is 0 Å². The lowest BCUT2D eigenvalue weighted by atomic mass is 9.87. The second-order valence-corrected chi connectivity index (χ2v) is 6.39. The summed E-state index contributed by atoms with van der Waals surface area (Å²) >= 11 is 1.77. The molecule has 0 radical (unpaired) electrons. The predicted octanol–water partition coefficient (Wildman–Crippen LogP) is 2.83. The third-order valence-electron chi connectivity index (χ3n) is 3.83. The van der Waals surface area contributed by atoms with Crippen molar-refractivity contribution >= 4 is 17.7 Å². The Morgan fingerprint density at radius 2 is 2.10 bits per heavy atom. The van der Waals surface area contributed by atoms with Crippen molar-refractivity contribution in [3.63, 3.8) is 0 Å². The lowest BCUT2D eigenvalue weighted by Gasteiger charge is -2.25. The fourth-order valence-electron chi connectivity index (χ4n) is 2.71. The first-order valence-corrected chi connectivity index (χ1v) is 8.62. The summed E-state index contributed by atoms with van der Waals surface area (Å²) in [5.74, 6) is 1.38. The Bertz CT molecular complexity index is 433. The summed E-state index contributed by atoms with van der Waals surface area (Å²) < 4.78 is 0. The Morgan fingerprint density at radius 3 is 2.75 bits per heavy atom. The molecule has 110 valence electrons. The van der Waals surface area contributed by atoms with Crippen molar-refractivity contribution in [1.29, 1.82) is 0 Å². The van der Waals surface area contributed by atoms with Crippen LogP contribution in [0.5, 0.6) is 0 Å². The Balaban J connectivity index is 1.82. The van der Waals surface area contributed by atoms with Gasteiger partial charge < -0.3 is 10.4 Å². The van der Waals surface area contributed by atoms with Gasteiger partial charge in [-0.15, -0.1) is 0 Å². The minimum absolute atomic E-state index is 0.0132. The number of rotatable bonds is 5. The Morgan fingerprint density at radius 1 is 1.35 bits per heavy atom. The summed E-state index contributed by atoms with van der Waals surface area (Å²) in [4.78, 5) is 12.1. The summed E-state index contributed by atoms with van der Waals surface area (Å²) in [5, 5.41) is 12.6. The van der Waals surface area contributed by atoms with Crippen LogP contribution in [0.4, 0.5) is 0 Å². The van der Waals surface area contributed by atoms with Crippen LogP contribution in [-0.4, -0.2) is 29.9 Å². The lowest BCUT2D eigenvalue weighted by Crippen LogP contribution is -2.32. The SMILES string of the molecule is CSCc1ccc(C(=O)NCC2CCCC(O)C2)cc1. The van der Waals surface area contributed by atoms with Gasteiger partial charge >= 0.3 is 0 Å². The number of thioether (sulfide) groups is 1. The second kappa shape index (κ2) is 7.70. The van der Waals surface area contributed by atoms with E-state index < -0.39 is 0 Å². The zero-order valence-corrected chi connectivity index (χ0v) is 12.8. The van der Waals surface area contributed by atoms with Crippen molar-refractivity contribution in [2.75, 3.05) is 12.8 Å². The number of nitrogens with one attached hydrogen (secondary N) is 1. The van der Waals surface area contributed by atoms with Crippen LogP contribution in [0, 0.1) is 5.92 Å². The van der Waals surface area contributed by atoms with Crippen LogP contribution in [0.3, 0.4) is 0 Å². The fourth-order valence-corrected chi connectivity index (χ4v) is 3.23. The van der Waals surface area contributed by atoms with Gasteiger partial charge in [-0.2, -0.15) is 11.8 Å². The molecular weight excluding hydrogens is 270 g/mol. The van der Waals surface area contributed by atoms with Crippen LogP contribution in [0.1, 0.15) is 41.6 Å². The number of carbonyl (C=O) groups excluding carboxylic acids is 1. The largest absolute Gasteiger partial charge is 0.393 e. The Kier molecular flexibility index (Phi) is 5.92. The number of hydrogen-bond donors (Lipinski definition) is 2. The molecular formula is C16H23NO2S. The van der Waals surface area contributed by atoms with Crippen LogP contribution in [0.2, 0.25) is 0 Å². The number of benzene rings is 1. The highest BCUT2D eigenvalue weighted by Gasteiger charge is 2.20. The smallest absolute Gasteiger partial charge is 0.251 e. The molecule has 2 unspecified atom stereocenters. The third kappa shape index (κ3) is 4.53. The van der Waals surface area contributed by atoms with Crippen molar-refractivity contribution in [3.8, 4) is 0 Å². The average molecular weight is 293 g/mol. The summed E-state index contributed by atoms with van der Waals surface area (Å²) in [7, 11) is 0. The standard InChI is InChI=1S/C16H23NO2S/c1-20-11-12-5-7-14(8-6-12)16(19)17-10-13-3-2-4-15(18)9-13/h5-8,13,15,18H,2-4,9-11H2,1H3,(H,17,19). The maximum Gasteiger partial charge on any atom is 0.251 e. The lowest BCUT2D eigenvalue weighted by molar-refractivity contribution is 0.0874. The van der Waals surface area contributed by atoms with Crippen LogP contribution >= 0.6 is 11.8 Å². The van der Waals surface area contributed by atoms with Crippen LogP contribution in [0.15, 0.2) is 24.3 Å². The van der Waals surface area contributed by atoms with E-state index in [2.05, 4.69) is 11.6 Å². The maximum atomic E-state index is 12.1. The van der Waals surface area contributed by atoms with Gasteiger partial charge in [-0.3, -0.25) is 4.79 Å². The zero-order chi connectivity index (χ0) is 14.4. The highest BCUT2D eigenvalue weighted by Crippen LogP contribution is 2.23. The van der Waals surface area contributed by atoms with Gasteiger partial charge in [0.05, 0.1) is 6.10 Å². The fraction of sp³-hybridized carbons (Fsp3) is 0.562. The molecule has 20 heavy (non-hydrogen) atoms. The molecule has 1 aromatic carbocycles. The molecule has 3 nitrogen and oxygen atoms in total. The number of hydrogen-bond acceptors (Lipinski definition) is 3. The molecule has 1 aliphatic carbocycles. The molecule has 4 heteroatoms. The van der Waals surface area contributed by atoms with E-state index in [9.17, 15) is 9.90 Å². The van der Waals surface area contributed by atoms with Gasteiger partial charge in [0.15, 0.2) is 0 Å². The molecule has 0 spiro atoms. The topological polar surface area (TPSA) is 49.3 Å². The van der Waals surface area contributed by atoms with Crippen molar-refractivity contribution < 1.29 is 9.90 Å². The first-order valence-electron chi connectivity index (χ1n) is 7.23. The molecule has 1 fully saturated rings. The minimum Gasteiger partial charge on any atom is -0.393 e. The van der Waals surface area contributed by atoms with Crippen molar-refractivity contribution in [2.45, 2.75) is 37.5 Å². The first-order chi connectivity index (χ1) is 9.69. The normalized spacial score (nSPS) is 22.5. The van der Waals surface area contributed by atoms with E-state index in [-0.39, 0.29) is 12.0 Å². The van der Waals surface area contributed by atoms with Gasteiger partial charge in [-0.05, 0) is 49.1 Å². The summed E-state index contributed by atoms with van der Waals surface area (Å²) in [6, 6.07) is 7.79. The molecule has 2 atom stereocenters. The van der Waals surface area contributed by atoms with Gasteiger partial charge in [0.25, 0.3) is 5.91 Å². The van der Waals surface area contributed by atoms with Gasteiger partial charge in [0.1, 0.15) is 0 Å². The minimum atomic E-state index is -0.184. The molecule has 0 bridgehead atoms.